The summed E-state index contributed by atoms with van der Waals surface area (Å²) in [5.41, 5.74) is -0.399. The van der Waals surface area contributed by atoms with E-state index in [-0.39, 0.29) is 30.3 Å². The maximum Gasteiger partial charge on any atom is 0.309 e. The number of amides is 2. The Hall–Kier alpha value is -1.59. The molecule has 0 unspecified atom stereocenters. The average molecular weight is 367 g/mol. The number of nitrogens with one attached hydrogen (secondary N) is 1. The minimum atomic E-state index is -0.399. The number of esters is 1. The lowest BCUT2D eigenvalue weighted by Crippen LogP contribution is -2.45. The van der Waals surface area contributed by atoms with Crippen molar-refractivity contribution >= 4 is 17.8 Å². The zero-order valence-electron chi connectivity index (χ0n) is 16.5. The third-order valence-electron chi connectivity index (χ3n) is 5.42. The number of carbonyl (C=O) groups is 3. The summed E-state index contributed by atoms with van der Waals surface area (Å²) in [4.78, 5) is 38.2. The molecular weight excluding hydrogens is 332 g/mol. The molecule has 0 spiro atoms. The number of hydrogen-bond donors (Lipinski definition) is 1. The van der Waals surface area contributed by atoms with Crippen molar-refractivity contribution in [1.29, 1.82) is 0 Å². The highest BCUT2D eigenvalue weighted by Crippen LogP contribution is 2.24. The lowest BCUT2D eigenvalue weighted by Gasteiger charge is -2.34. The van der Waals surface area contributed by atoms with E-state index in [4.69, 9.17) is 4.74 Å². The number of carbonyl (C=O) groups excluding carboxylic acids is 3. The predicted octanol–water partition coefficient (Wildman–Crippen LogP) is 2.51. The maximum atomic E-state index is 12.3. The maximum absolute atomic E-state index is 12.3. The molecule has 148 valence electrons. The van der Waals surface area contributed by atoms with Crippen molar-refractivity contribution in [2.45, 2.75) is 65.7 Å². The Labute approximate surface area is 157 Å². The fourth-order valence-electron chi connectivity index (χ4n) is 3.75. The van der Waals surface area contributed by atoms with E-state index in [2.05, 4.69) is 5.32 Å². The fraction of sp³-hybridized carbons (Fsp3) is 0.850. The molecule has 0 bridgehead atoms. The van der Waals surface area contributed by atoms with Gasteiger partial charge < -0.3 is 15.0 Å². The summed E-state index contributed by atoms with van der Waals surface area (Å²) in [6.45, 7) is 7.34. The third-order valence-corrected chi connectivity index (χ3v) is 5.42. The van der Waals surface area contributed by atoms with E-state index in [1.54, 1.807) is 0 Å². The summed E-state index contributed by atoms with van der Waals surface area (Å²) >= 11 is 0. The van der Waals surface area contributed by atoms with Crippen molar-refractivity contribution in [3.05, 3.63) is 0 Å². The Kier molecular flexibility index (Phi) is 7.47. The first-order valence-electron chi connectivity index (χ1n) is 10.00. The van der Waals surface area contributed by atoms with E-state index >= 15 is 0 Å². The smallest absolute Gasteiger partial charge is 0.309 e. The van der Waals surface area contributed by atoms with Gasteiger partial charge in [-0.3, -0.25) is 14.4 Å². The lowest BCUT2D eigenvalue weighted by molar-refractivity contribution is -0.155. The first-order valence-corrected chi connectivity index (χ1v) is 10.00. The topological polar surface area (TPSA) is 75.7 Å². The SMILES string of the molecule is CC(C)(C)C(=O)N1CCC(C(=O)OCC(=O)NCC2CCCCC2)CC1. The first-order chi connectivity index (χ1) is 12.3. The van der Waals surface area contributed by atoms with E-state index in [1.807, 2.05) is 25.7 Å². The summed E-state index contributed by atoms with van der Waals surface area (Å²) < 4.78 is 5.19. The second-order valence-electron chi connectivity index (χ2n) is 8.73. The van der Waals surface area contributed by atoms with Crippen LogP contribution in [0.4, 0.5) is 0 Å². The van der Waals surface area contributed by atoms with E-state index in [0.29, 0.717) is 38.4 Å². The molecule has 0 aromatic heterocycles. The summed E-state index contributed by atoms with van der Waals surface area (Å²) in [7, 11) is 0. The minimum Gasteiger partial charge on any atom is -0.455 e. The van der Waals surface area contributed by atoms with Crippen molar-refractivity contribution in [3.63, 3.8) is 0 Å². The highest BCUT2D eigenvalue weighted by atomic mass is 16.5. The molecule has 0 atom stereocenters. The van der Waals surface area contributed by atoms with Crippen LogP contribution in [0.15, 0.2) is 0 Å². The number of ether oxygens (including phenoxy) is 1. The standard InChI is InChI=1S/C20H34N2O4/c1-20(2,3)19(25)22-11-9-16(10-12-22)18(24)26-14-17(23)21-13-15-7-5-4-6-8-15/h15-16H,4-14H2,1-3H3,(H,21,23). The average Bonchev–Trinajstić information content (AvgIpc) is 2.64. The van der Waals surface area contributed by atoms with Crippen molar-refractivity contribution in [3.8, 4) is 0 Å². The van der Waals surface area contributed by atoms with Crippen molar-refractivity contribution in [2.75, 3.05) is 26.2 Å². The monoisotopic (exact) mass is 366 g/mol. The third kappa shape index (κ3) is 6.29. The van der Waals surface area contributed by atoms with Crippen LogP contribution in [-0.2, 0) is 19.1 Å². The zero-order chi connectivity index (χ0) is 19.2. The molecule has 0 aromatic rings. The van der Waals surface area contributed by atoms with Gasteiger partial charge in [0.2, 0.25) is 5.91 Å². The number of piperidine rings is 1. The minimum absolute atomic E-state index is 0.117. The second-order valence-corrected chi connectivity index (χ2v) is 8.73. The van der Waals surface area contributed by atoms with Gasteiger partial charge in [0, 0.05) is 25.0 Å². The Morgan fingerprint density at radius 2 is 1.62 bits per heavy atom. The molecule has 1 N–H and O–H groups in total. The van der Waals surface area contributed by atoms with E-state index < -0.39 is 5.41 Å². The summed E-state index contributed by atoms with van der Waals surface area (Å²) in [5.74, 6) is -0.0744. The fourth-order valence-corrected chi connectivity index (χ4v) is 3.75. The molecular formula is C20H34N2O4. The number of nitrogens with zero attached hydrogens (tertiary/aromatic N) is 1. The Morgan fingerprint density at radius 1 is 1.00 bits per heavy atom. The van der Waals surface area contributed by atoms with Crippen LogP contribution < -0.4 is 5.32 Å². The molecule has 2 rings (SSSR count). The van der Waals surface area contributed by atoms with E-state index in [9.17, 15) is 14.4 Å². The highest BCUT2D eigenvalue weighted by Gasteiger charge is 2.33. The van der Waals surface area contributed by atoms with Crippen LogP contribution >= 0.6 is 0 Å². The van der Waals surface area contributed by atoms with Gasteiger partial charge >= 0.3 is 5.97 Å². The quantitative estimate of drug-likeness (QED) is 0.759. The van der Waals surface area contributed by atoms with Crippen LogP contribution in [-0.4, -0.2) is 48.9 Å². The van der Waals surface area contributed by atoms with Gasteiger partial charge in [-0.05, 0) is 31.6 Å². The van der Waals surface area contributed by atoms with Crippen LogP contribution in [0.5, 0.6) is 0 Å². The van der Waals surface area contributed by atoms with E-state index in [0.717, 1.165) is 0 Å². The molecule has 1 aliphatic carbocycles. The summed E-state index contributed by atoms with van der Waals surface area (Å²) in [6.07, 6.45) is 7.33. The summed E-state index contributed by atoms with van der Waals surface area (Å²) in [5, 5.41) is 2.88. The van der Waals surface area contributed by atoms with Crippen molar-refractivity contribution in [1.82, 2.24) is 10.2 Å². The number of hydrogen-bond acceptors (Lipinski definition) is 4. The number of rotatable bonds is 5. The summed E-state index contributed by atoms with van der Waals surface area (Å²) in [6, 6.07) is 0. The molecule has 1 saturated heterocycles. The molecule has 0 aromatic carbocycles. The van der Waals surface area contributed by atoms with Gasteiger partial charge in [-0.2, -0.15) is 0 Å². The van der Waals surface area contributed by atoms with Gasteiger partial charge in [0.15, 0.2) is 6.61 Å². The van der Waals surface area contributed by atoms with Crippen LogP contribution in [0.2, 0.25) is 0 Å². The second kappa shape index (κ2) is 9.38. The van der Waals surface area contributed by atoms with Gasteiger partial charge in [0.25, 0.3) is 5.91 Å². The molecule has 6 heteroatoms. The van der Waals surface area contributed by atoms with Gasteiger partial charge in [0.05, 0.1) is 5.92 Å². The zero-order valence-corrected chi connectivity index (χ0v) is 16.5. The highest BCUT2D eigenvalue weighted by molar-refractivity contribution is 5.83. The molecule has 1 heterocycles. The molecule has 26 heavy (non-hydrogen) atoms. The lowest BCUT2D eigenvalue weighted by atomic mass is 9.89. The van der Waals surface area contributed by atoms with Crippen molar-refractivity contribution < 1.29 is 19.1 Å². The van der Waals surface area contributed by atoms with Crippen LogP contribution in [0.25, 0.3) is 0 Å². The van der Waals surface area contributed by atoms with Crippen LogP contribution in [0.3, 0.4) is 0 Å². The van der Waals surface area contributed by atoms with Gasteiger partial charge in [-0.1, -0.05) is 40.0 Å². The first kappa shape index (κ1) is 20.7. The Balaban J connectivity index is 1.64. The molecule has 2 amide bonds. The van der Waals surface area contributed by atoms with Crippen LogP contribution in [0.1, 0.15) is 65.7 Å². The number of likely N-dealkylation sites (tertiary alicyclic amines) is 1. The van der Waals surface area contributed by atoms with Crippen molar-refractivity contribution in [2.24, 2.45) is 17.3 Å². The van der Waals surface area contributed by atoms with Crippen LogP contribution in [0, 0.1) is 17.3 Å². The van der Waals surface area contributed by atoms with Gasteiger partial charge in [-0.25, -0.2) is 0 Å². The Bertz CT molecular complexity index is 498. The van der Waals surface area contributed by atoms with Gasteiger partial charge in [0.1, 0.15) is 0 Å². The molecule has 0 radical (unpaired) electrons. The largest absolute Gasteiger partial charge is 0.455 e. The molecule has 1 saturated carbocycles. The molecule has 6 nitrogen and oxygen atoms in total. The van der Waals surface area contributed by atoms with Gasteiger partial charge in [-0.15, -0.1) is 0 Å². The normalized spacial score (nSPS) is 19.9. The molecule has 2 fully saturated rings. The Morgan fingerprint density at radius 3 is 2.19 bits per heavy atom. The molecule has 2 aliphatic rings. The van der Waals surface area contributed by atoms with E-state index in [1.165, 1.54) is 32.1 Å². The predicted molar refractivity (Wildman–Crippen MR) is 99.3 cm³/mol. The molecule has 1 aliphatic heterocycles.